The van der Waals surface area contributed by atoms with Crippen LogP contribution >= 0.6 is 0 Å². The molecule has 0 aliphatic rings. The van der Waals surface area contributed by atoms with Gasteiger partial charge >= 0.3 is 24.3 Å². The van der Waals surface area contributed by atoms with Crippen LogP contribution in [0, 0.1) is 13.8 Å². The van der Waals surface area contributed by atoms with Crippen molar-refractivity contribution in [3.63, 3.8) is 0 Å². The molecule has 6 aromatic carbocycles. The lowest BCUT2D eigenvalue weighted by atomic mass is 9.92. The van der Waals surface area contributed by atoms with Gasteiger partial charge in [-0.2, -0.15) is 26.3 Å². The van der Waals surface area contributed by atoms with Crippen molar-refractivity contribution in [3.8, 4) is 33.8 Å². The van der Waals surface area contributed by atoms with Crippen LogP contribution in [-0.2, 0) is 39.9 Å². The standard InChI is InChI=1S/C28H24F3NO4.C27H22F3NO4/c1-18-14-26(32-36-18)25(16-27(33)34-2)21-8-12-24(13-9-21)35-17-19-4-3-5-22(15-19)20-6-10-23(11-7-20)28(29,30)31;1-17-13-25(31-35-17)24(15-26(32)33)20-7-11-23(12-8-20)34-16-18-3-2-4-21(14-18)19-5-9-22(10-6-19)27(28,29)30/h3-15,25H,16-17H2,1-2H3;2-14,24H,15-16H2,1H3,(H,32,33)/t25-;24-/m00/s1. The molecule has 0 spiro atoms. The summed E-state index contributed by atoms with van der Waals surface area (Å²) in [4.78, 5) is 23.3. The van der Waals surface area contributed by atoms with Crippen LogP contribution in [0.15, 0.2) is 167 Å². The lowest BCUT2D eigenvalue weighted by Crippen LogP contribution is -2.10. The molecule has 0 unspecified atom stereocenters. The molecule has 10 nitrogen and oxygen atoms in total. The first kappa shape index (κ1) is 50.7. The van der Waals surface area contributed by atoms with E-state index in [-0.39, 0.29) is 37.9 Å². The molecule has 0 aliphatic heterocycles. The highest BCUT2D eigenvalue weighted by Gasteiger charge is 2.31. The number of aryl methyl sites for hydroxylation is 2. The number of alkyl halides is 6. The molecular weight excluding hydrogens is 931 g/mol. The molecule has 0 aliphatic carbocycles. The highest BCUT2D eigenvalue weighted by Crippen LogP contribution is 2.35. The minimum absolute atomic E-state index is 0.122. The quantitative estimate of drug-likeness (QED) is 0.0736. The van der Waals surface area contributed by atoms with Crippen LogP contribution in [0.3, 0.4) is 0 Å². The summed E-state index contributed by atoms with van der Waals surface area (Å²) in [6, 6.07) is 43.0. The van der Waals surface area contributed by atoms with Crippen molar-refractivity contribution in [2.45, 2.75) is 64.1 Å². The van der Waals surface area contributed by atoms with Gasteiger partial charge in [-0.25, -0.2) is 0 Å². The smallest absolute Gasteiger partial charge is 0.416 e. The predicted octanol–water partition coefficient (Wildman–Crippen LogP) is 13.8. The monoisotopic (exact) mass is 976 g/mol. The number of aromatic nitrogens is 2. The predicted molar refractivity (Wildman–Crippen MR) is 250 cm³/mol. The van der Waals surface area contributed by atoms with E-state index in [9.17, 15) is 41.0 Å². The molecule has 2 atom stereocenters. The fraction of sp³-hybridized carbons (Fsp3) is 0.200. The van der Waals surface area contributed by atoms with E-state index in [0.29, 0.717) is 45.5 Å². The van der Waals surface area contributed by atoms with E-state index in [0.717, 1.165) is 57.6 Å². The van der Waals surface area contributed by atoms with E-state index in [4.69, 9.17) is 23.3 Å². The van der Waals surface area contributed by atoms with Gasteiger partial charge < -0.3 is 28.4 Å². The lowest BCUT2D eigenvalue weighted by Gasteiger charge is -2.14. The first-order chi connectivity index (χ1) is 33.9. The van der Waals surface area contributed by atoms with Crippen LogP contribution in [0.4, 0.5) is 26.3 Å². The van der Waals surface area contributed by atoms with E-state index < -0.39 is 35.4 Å². The minimum atomic E-state index is -4.37. The summed E-state index contributed by atoms with van der Waals surface area (Å²) in [5, 5.41) is 17.3. The van der Waals surface area contributed by atoms with E-state index in [1.54, 1.807) is 50.2 Å². The molecule has 0 saturated carbocycles. The van der Waals surface area contributed by atoms with Crippen molar-refractivity contribution in [2.24, 2.45) is 0 Å². The normalized spacial score (nSPS) is 12.3. The average molecular weight is 977 g/mol. The van der Waals surface area contributed by atoms with E-state index in [1.165, 1.54) is 31.4 Å². The molecule has 0 radical (unpaired) electrons. The first-order valence-electron chi connectivity index (χ1n) is 22.1. The van der Waals surface area contributed by atoms with Crippen LogP contribution in [0.5, 0.6) is 11.5 Å². The number of hydrogen-bond acceptors (Lipinski definition) is 9. The third kappa shape index (κ3) is 14.0. The molecule has 2 aromatic heterocycles. The van der Waals surface area contributed by atoms with Gasteiger partial charge in [-0.1, -0.05) is 95.2 Å². The molecule has 0 bridgehead atoms. The van der Waals surface area contributed by atoms with Crippen LogP contribution < -0.4 is 9.47 Å². The van der Waals surface area contributed by atoms with Crippen LogP contribution in [0.1, 0.15) is 81.0 Å². The van der Waals surface area contributed by atoms with Gasteiger partial charge in [0, 0.05) is 24.0 Å². The summed E-state index contributed by atoms with van der Waals surface area (Å²) in [5.74, 6) is 0.430. The maximum Gasteiger partial charge on any atom is 0.416 e. The average Bonchev–Trinajstić information content (AvgIpc) is 4.01. The zero-order valence-electron chi connectivity index (χ0n) is 38.5. The van der Waals surface area contributed by atoms with Crippen molar-refractivity contribution < 1.29 is 64.3 Å². The third-order valence-electron chi connectivity index (χ3n) is 11.3. The molecule has 366 valence electrons. The zero-order valence-corrected chi connectivity index (χ0v) is 38.5. The summed E-state index contributed by atoms with van der Waals surface area (Å²) in [6.45, 7) is 4.07. The van der Waals surface area contributed by atoms with Gasteiger partial charge in [-0.3, -0.25) is 9.59 Å². The minimum Gasteiger partial charge on any atom is -0.489 e. The number of methoxy groups -OCH3 is 1. The Kier molecular flexibility index (Phi) is 16.1. The Morgan fingerprint density at radius 2 is 0.930 bits per heavy atom. The summed E-state index contributed by atoms with van der Waals surface area (Å²) in [6.07, 6.45) is -8.73. The van der Waals surface area contributed by atoms with E-state index in [2.05, 4.69) is 10.3 Å². The second-order valence-corrected chi connectivity index (χ2v) is 16.5. The number of rotatable bonds is 16. The Hall–Kier alpha value is -8.14. The Morgan fingerprint density at radius 1 is 0.535 bits per heavy atom. The maximum atomic E-state index is 12.8. The molecule has 0 saturated heterocycles. The Morgan fingerprint density at radius 3 is 1.27 bits per heavy atom. The van der Waals surface area contributed by atoms with Crippen LogP contribution in [-0.4, -0.2) is 34.5 Å². The Labute approximate surface area is 404 Å². The highest BCUT2D eigenvalue weighted by atomic mass is 19.4. The molecule has 0 amide bonds. The summed E-state index contributed by atoms with van der Waals surface area (Å²) >= 11 is 0. The lowest BCUT2D eigenvalue weighted by molar-refractivity contribution is -0.141. The third-order valence-corrected chi connectivity index (χ3v) is 11.3. The number of halogens is 6. The van der Waals surface area contributed by atoms with Gasteiger partial charge in [0.2, 0.25) is 0 Å². The number of ether oxygens (including phenoxy) is 3. The van der Waals surface area contributed by atoms with Crippen molar-refractivity contribution in [1.29, 1.82) is 0 Å². The highest BCUT2D eigenvalue weighted by molar-refractivity contribution is 5.71. The van der Waals surface area contributed by atoms with E-state index >= 15 is 0 Å². The van der Waals surface area contributed by atoms with Crippen LogP contribution in [0.25, 0.3) is 22.3 Å². The molecule has 0 fully saturated rings. The van der Waals surface area contributed by atoms with Gasteiger partial charge in [-0.15, -0.1) is 0 Å². The molecular formula is C55H46F6N2O8. The number of aliphatic carboxylic acids is 1. The molecule has 16 heteroatoms. The maximum absolute atomic E-state index is 12.8. The first-order valence-corrected chi connectivity index (χ1v) is 22.1. The molecule has 8 rings (SSSR count). The van der Waals surface area contributed by atoms with Crippen molar-refractivity contribution >= 4 is 11.9 Å². The van der Waals surface area contributed by atoms with Gasteiger partial charge in [0.25, 0.3) is 0 Å². The number of carbonyl (C=O) groups excluding carboxylic acids is 1. The second-order valence-electron chi connectivity index (χ2n) is 16.5. The Bertz CT molecular complexity index is 3020. The van der Waals surface area contributed by atoms with Crippen LogP contribution in [0.2, 0.25) is 0 Å². The molecule has 71 heavy (non-hydrogen) atoms. The summed E-state index contributed by atoms with van der Waals surface area (Å²) in [5.41, 5.74) is 6.16. The van der Waals surface area contributed by atoms with Gasteiger partial charge in [0.1, 0.15) is 36.2 Å². The van der Waals surface area contributed by atoms with Gasteiger partial charge in [-0.05, 0) is 119 Å². The van der Waals surface area contributed by atoms with Gasteiger partial charge in [0.05, 0.1) is 42.5 Å². The van der Waals surface area contributed by atoms with Crippen molar-refractivity contribution in [1.82, 2.24) is 10.3 Å². The second kappa shape index (κ2) is 22.5. The molecule has 1 N–H and O–H groups in total. The van der Waals surface area contributed by atoms with Crippen molar-refractivity contribution in [2.75, 3.05) is 7.11 Å². The van der Waals surface area contributed by atoms with E-state index in [1.807, 2.05) is 72.8 Å². The van der Waals surface area contributed by atoms with Crippen molar-refractivity contribution in [3.05, 3.63) is 214 Å². The SMILES string of the molecule is COC(=O)C[C@@H](c1ccc(OCc2cccc(-c3ccc(C(F)(F)F)cc3)c2)cc1)c1cc(C)on1.Cc1cc([C@@H](CC(=O)O)c2ccc(OCc3cccc(-c4ccc(C(F)(F)F)cc4)c3)cc2)no1. The number of hydrogen-bond donors (Lipinski definition) is 1. The number of carboxylic acids is 1. The summed E-state index contributed by atoms with van der Waals surface area (Å²) in [7, 11) is 1.34. The number of esters is 1. The fourth-order valence-corrected chi connectivity index (χ4v) is 7.62. The number of nitrogens with zero attached hydrogens (tertiary/aromatic N) is 2. The fourth-order valence-electron chi connectivity index (χ4n) is 7.62. The molecule has 2 heterocycles. The topological polar surface area (TPSA) is 134 Å². The number of benzene rings is 6. The van der Waals surface area contributed by atoms with Gasteiger partial charge in [0.15, 0.2) is 0 Å². The zero-order chi connectivity index (χ0) is 50.7. The Balaban J connectivity index is 0.000000209. The largest absolute Gasteiger partial charge is 0.489 e. The number of carbonyl (C=O) groups is 2. The number of carboxylic acid groups (broad SMARTS) is 1. The summed E-state index contributed by atoms with van der Waals surface area (Å²) < 4.78 is 104. The molecule has 8 aromatic rings.